The van der Waals surface area contributed by atoms with Gasteiger partial charge in [-0.25, -0.2) is 0 Å². The highest BCUT2D eigenvalue weighted by Gasteiger charge is 2.16. The minimum absolute atomic E-state index is 0.0741. The van der Waals surface area contributed by atoms with E-state index < -0.39 is 16.3 Å². The molecule has 0 heterocycles. The molecule has 0 aliphatic heterocycles. The van der Waals surface area contributed by atoms with Gasteiger partial charge in [0.15, 0.2) is 0 Å². The predicted octanol–water partition coefficient (Wildman–Crippen LogP) is -0.0433. The van der Waals surface area contributed by atoms with Crippen LogP contribution in [0.25, 0.3) is 0 Å². The number of rotatable bonds is 2. The number of primary amides is 1. The lowest BCUT2D eigenvalue weighted by atomic mass is 10.6. The molecule has 0 spiro atoms. The molecule has 8 heteroatoms. The maximum absolute atomic E-state index is 10.0. The topological polar surface area (TPSA) is 92.4 Å². The molecule has 0 rings (SSSR count). The van der Waals surface area contributed by atoms with Gasteiger partial charge in [-0.2, -0.15) is 0 Å². The molecule has 0 fully saturated rings. The summed E-state index contributed by atoms with van der Waals surface area (Å²) in [5, 5.41) is 10.2. The van der Waals surface area contributed by atoms with Crippen molar-refractivity contribution >= 4 is 46.6 Å². The summed E-state index contributed by atoms with van der Waals surface area (Å²) in [5.74, 6) is -0.774. The molecule has 0 saturated heterocycles. The number of aliphatic hydroxyl groups excluding tert-OH is 1. The van der Waals surface area contributed by atoms with Gasteiger partial charge >= 0.3 is 0 Å². The first-order valence-electron chi connectivity index (χ1n) is 3.39. The van der Waals surface area contributed by atoms with Crippen molar-refractivity contribution in [3.05, 3.63) is 0 Å². The van der Waals surface area contributed by atoms with Gasteiger partial charge in [0.2, 0.25) is 15.6 Å². The summed E-state index contributed by atoms with van der Waals surface area (Å²) in [4.78, 5) is 19.9. The van der Waals surface area contributed by atoms with Crippen LogP contribution in [0.4, 0.5) is 0 Å². The van der Waals surface area contributed by atoms with Gasteiger partial charge < -0.3 is 16.2 Å². The highest BCUT2D eigenvalue weighted by Crippen LogP contribution is 2.23. The van der Waals surface area contributed by atoms with Crippen LogP contribution in [0.1, 0.15) is 6.92 Å². The zero-order valence-electron chi connectivity index (χ0n) is 7.39. The fourth-order valence-corrected chi connectivity index (χ4v) is 0.212. The first-order chi connectivity index (χ1) is 6.19. The van der Waals surface area contributed by atoms with Gasteiger partial charge in [-0.05, 0) is 0 Å². The van der Waals surface area contributed by atoms with Crippen LogP contribution in [0.3, 0.4) is 0 Å². The molecule has 0 aliphatic rings. The number of alkyl halides is 3. The Morgan fingerprint density at radius 2 is 1.79 bits per heavy atom. The molecule has 84 valence electrons. The van der Waals surface area contributed by atoms with Crippen LogP contribution >= 0.6 is 34.8 Å². The van der Waals surface area contributed by atoms with Crippen molar-refractivity contribution in [3.63, 3.8) is 0 Å². The van der Waals surface area contributed by atoms with Crippen molar-refractivity contribution < 1.29 is 14.7 Å². The second-order valence-electron chi connectivity index (χ2n) is 2.15. The predicted molar refractivity (Wildman–Crippen MR) is 55.3 cm³/mol. The van der Waals surface area contributed by atoms with E-state index in [9.17, 15) is 9.59 Å². The van der Waals surface area contributed by atoms with Gasteiger partial charge in [0, 0.05) is 6.92 Å². The maximum Gasteiger partial charge on any atom is 0.236 e. The summed E-state index contributed by atoms with van der Waals surface area (Å²) in [6.07, 6.45) is 0. The molecule has 0 unspecified atom stereocenters. The molecule has 0 saturated carbocycles. The van der Waals surface area contributed by atoms with Gasteiger partial charge in [0.25, 0.3) is 0 Å². The fraction of sp³-hybridized carbons (Fsp3) is 0.667. The quantitative estimate of drug-likeness (QED) is 0.612. The minimum Gasteiger partial charge on any atom is -0.392 e. The summed E-state index contributed by atoms with van der Waals surface area (Å²) < 4.78 is -1.49. The zero-order valence-corrected chi connectivity index (χ0v) is 9.66. The number of aliphatic hydroxyl groups is 1. The highest BCUT2D eigenvalue weighted by molar-refractivity contribution is 6.67. The average Bonchev–Trinajstić information content (AvgIpc) is 2.01. The fourth-order valence-electron chi connectivity index (χ4n) is 0.212. The summed E-state index contributed by atoms with van der Waals surface area (Å²) >= 11 is 15.0. The minimum atomic E-state index is -1.49. The van der Waals surface area contributed by atoms with E-state index in [0.29, 0.717) is 0 Å². The normalized spacial score (nSPS) is 9.79. The number of hydrogen-bond acceptors (Lipinski definition) is 3. The number of nitrogens with one attached hydrogen (secondary N) is 1. The van der Waals surface area contributed by atoms with Crippen molar-refractivity contribution in [2.24, 2.45) is 5.73 Å². The molecule has 0 radical (unpaired) electrons. The number of carbonyl (C=O) groups is 2. The molecular weight excluding hydrogens is 254 g/mol. The largest absolute Gasteiger partial charge is 0.392 e. The highest BCUT2D eigenvalue weighted by atomic mass is 35.6. The molecule has 5 nitrogen and oxygen atoms in total. The van der Waals surface area contributed by atoms with E-state index in [1.54, 1.807) is 0 Å². The first kappa shape index (κ1) is 16.2. The zero-order chi connectivity index (χ0) is 11.8. The van der Waals surface area contributed by atoms with Gasteiger partial charge in [0.1, 0.15) is 0 Å². The Kier molecular flexibility index (Phi) is 9.39. The van der Waals surface area contributed by atoms with Gasteiger partial charge in [-0.1, -0.05) is 34.8 Å². The van der Waals surface area contributed by atoms with Crippen molar-refractivity contribution in [2.75, 3.05) is 13.2 Å². The average molecular weight is 266 g/mol. The molecule has 0 aliphatic carbocycles. The van der Waals surface area contributed by atoms with Gasteiger partial charge in [-0.15, -0.1) is 0 Å². The molecular formula is C6H11Cl3N2O3. The standard InChI is InChI=1S/C4H8N2O2.C2H3Cl3O/c1-3(7)6-2-4(5)8;3-2(4,5)1-6/h2H2,1H3,(H2,5,8)(H,6,7);6H,1H2. The Balaban J connectivity index is 0. The van der Waals surface area contributed by atoms with Crippen LogP contribution in [0.15, 0.2) is 0 Å². The number of amides is 2. The SMILES string of the molecule is CC(=O)NCC(N)=O.OCC(Cl)(Cl)Cl. The summed E-state index contributed by atoms with van der Waals surface area (Å²) in [6, 6.07) is 0. The Morgan fingerprint density at radius 1 is 1.43 bits per heavy atom. The third-order valence-electron chi connectivity index (χ3n) is 0.691. The summed E-state index contributed by atoms with van der Waals surface area (Å²) in [5.41, 5.74) is 4.69. The molecule has 0 aromatic carbocycles. The van der Waals surface area contributed by atoms with Crippen LogP contribution in [-0.4, -0.2) is 33.9 Å². The van der Waals surface area contributed by atoms with E-state index >= 15 is 0 Å². The van der Waals surface area contributed by atoms with E-state index in [4.69, 9.17) is 39.9 Å². The Bertz CT molecular complexity index is 179. The van der Waals surface area contributed by atoms with Crippen LogP contribution in [0.2, 0.25) is 0 Å². The van der Waals surface area contributed by atoms with Crippen molar-refractivity contribution in [1.82, 2.24) is 5.32 Å². The molecule has 0 bridgehead atoms. The molecule has 0 aromatic heterocycles. The van der Waals surface area contributed by atoms with Gasteiger partial charge in [0.05, 0.1) is 13.2 Å². The second kappa shape index (κ2) is 8.11. The van der Waals surface area contributed by atoms with Gasteiger partial charge in [-0.3, -0.25) is 9.59 Å². The molecule has 0 aromatic rings. The van der Waals surface area contributed by atoms with E-state index in [0.717, 1.165) is 0 Å². The van der Waals surface area contributed by atoms with Crippen LogP contribution in [-0.2, 0) is 9.59 Å². The van der Waals surface area contributed by atoms with Crippen molar-refractivity contribution in [2.45, 2.75) is 10.7 Å². The summed E-state index contributed by atoms with van der Waals surface area (Å²) in [6.45, 7) is 0.815. The third kappa shape index (κ3) is 22.6. The Hall–Kier alpha value is -0.230. The molecule has 4 N–H and O–H groups in total. The maximum atomic E-state index is 10.0. The lowest BCUT2D eigenvalue weighted by Gasteiger charge is -2.01. The first-order valence-corrected chi connectivity index (χ1v) is 4.52. The monoisotopic (exact) mass is 264 g/mol. The third-order valence-corrected chi connectivity index (χ3v) is 1.05. The van der Waals surface area contributed by atoms with Crippen molar-refractivity contribution in [3.8, 4) is 0 Å². The number of carbonyl (C=O) groups excluding carboxylic acids is 2. The number of hydrogen-bond donors (Lipinski definition) is 3. The molecule has 0 atom stereocenters. The van der Waals surface area contributed by atoms with E-state index in [1.165, 1.54) is 6.92 Å². The molecule has 14 heavy (non-hydrogen) atoms. The van der Waals surface area contributed by atoms with E-state index in [-0.39, 0.29) is 12.5 Å². The van der Waals surface area contributed by atoms with Crippen LogP contribution < -0.4 is 11.1 Å². The Labute approximate surface area is 96.5 Å². The lowest BCUT2D eigenvalue weighted by molar-refractivity contribution is -0.123. The smallest absolute Gasteiger partial charge is 0.236 e. The van der Waals surface area contributed by atoms with Crippen molar-refractivity contribution in [1.29, 1.82) is 0 Å². The van der Waals surface area contributed by atoms with Crippen LogP contribution in [0.5, 0.6) is 0 Å². The van der Waals surface area contributed by atoms with E-state index in [2.05, 4.69) is 11.1 Å². The number of halogens is 3. The lowest BCUT2D eigenvalue weighted by Crippen LogP contribution is -2.31. The number of nitrogens with two attached hydrogens (primary N) is 1. The Morgan fingerprint density at radius 3 is 1.86 bits per heavy atom. The second-order valence-corrected chi connectivity index (χ2v) is 4.67. The van der Waals surface area contributed by atoms with Crippen LogP contribution in [0, 0.1) is 0 Å². The van der Waals surface area contributed by atoms with E-state index in [1.807, 2.05) is 0 Å². The molecule has 2 amide bonds. The summed E-state index contributed by atoms with van der Waals surface area (Å²) in [7, 11) is 0.